The van der Waals surface area contributed by atoms with Crippen molar-refractivity contribution in [3.05, 3.63) is 40.4 Å². The number of nitrogens with one attached hydrogen (secondary N) is 2. The molecule has 0 aliphatic heterocycles. The van der Waals surface area contributed by atoms with Crippen molar-refractivity contribution in [1.29, 1.82) is 0 Å². The summed E-state index contributed by atoms with van der Waals surface area (Å²) < 4.78 is 7.16. The van der Waals surface area contributed by atoms with Gasteiger partial charge >= 0.3 is 0 Å². The van der Waals surface area contributed by atoms with E-state index >= 15 is 0 Å². The lowest BCUT2D eigenvalue weighted by Crippen LogP contribution is -2.32. The fourth-order valence-electron chi connectivity index (χ4n) is 1.93. The topological polar surface area (TPSA) is 92.2 Å². The first-order valence-electron chi connectivity index (χ1n) is 6.24. The molecular weight excluding hydrogens is 292 g/mol. The Balaban J connectivity index is 2.24. The van der Waals surface area contributed by atoms with E-state index in [0.29, 0.717) is 21.9 Å². The minimum Gasteiger partial charge on any atom is -0.496 e. The van der Waals surface area contributed by atoms with Crippen LogP contribution in [-0.4, -0.2) is 39.5 Å². The van der Waals surface area contributed by atoms with Crippen LogP contribution in [0.5, 0.6) is 5.75 Å². The second-order valence-electron chi connectivity index (χ2n) is 4.35. The number of para-hydroxylation sites is 1. The smallest absolute Gasteiger partial charge is 0.255 e. The average molecular weight is 308 g/mol. The largest absolute Gasteiger partial charge is 0.496 e. The van der Waals surface area contributed by atoms with E-state index < -0.39 is 6.04 Å². The first-order valence-corrected chi connectivity index (χ1v) is 6.65. The van der Waals surface area contributed by atoms with Crippen molar-refractivity contribution in [3.8, 4) is 5.75 Å². The summed E-state index contributed by atoms with van der Waals surface area (Å²) in [5.74, 6) is 0.549. The molecule has 0 saturated heterocycles. The van der Waals surface area contributed by atoms with Gasteiger partial charge in [-0.25, -0.2) is 0 Å². The zero-order valence-electron chi connectivity index (χ0n) is 11.7. The van der Waals surface area contributed by atoms with Gasteiger partial charge in [0, 0.05) is 7.05 Å². The van der Waals surface area contributed by atoms with E-state index in [1.807, 2.05) is 0 Å². The molecule has 7 nitrogen and oxygen atoms in total. The number of hydrogen-bond acceptors (Lipinski definition) is 5. The van der Waals surface area contributed by atoms with E-state index in [9.17, 15) is 9.90 Å². The molecule has 0 aliphatic carbocycles. The van der Waals surface area contributed by atoms with Crippen LogP contribution < -0.4 is 10.1 Å². The van der Waals surface area contributed by atoms with E-state index in [1.165, 1.54) is 7.11 Å². The third kappa shape index (κ3) is 3.11. The lowest BCUT2D eigenvalue weighted by molar-refractivity contribution is 0.0909. The Morgan fingerprint density at radius 1 is 1.57 bits per heavy atom. The summed E-state index contributed by atoms with van der Waals surface area (Å²) in [6, 6.07) is 6.18. The number of aliphatic hydroxyl groups is 1. The van der Waals surface area contributed by atoms with Crippen LogP contribution in [0.15, 0.2) is 24.3 Å². The Morgan fingerprint density at radius 3 is 2.86 bits per heavy atom. The predicted molar refractivity (Wildman–Crippen MR) is 78.7 cm³/mol. The molecule has 1 aromatic carbocycles. The summed E-state index contributed by atoms with van der Waals surface area (Å²) in [4.78, 5) is 12.3. The summed E-state index contributed by atoms with van der Waals surface area (Å²) in [5.41, 5.74) is 0.384. The molecule has 112 valence electrons. The molecule has 2 aromatic rings. The SMILES string of the molecule is COc1ccccc1C(=O)N[C@H](CO)c1n[nH]c(=S)n1C. The van der Waals surface area contributed by atoms with Crippen LogP contribution in [0.4, 0.5) is 0 Å². The van der Waals surface area contributed by atoms with Gasteiger partial charge in [-0.2, -0.15) is 5.10 Å². The van der Waals surface area contributed by atoms with Gasteiger partial charge in [0.05, 0.1) is 19.3 Å². The summed E-state index contributed by atoms with van der Waals surface area (Å²) in [6.45, 7) is -0.297. The molecule has 1 amide bonds. The molecule has 0 aliphatic rings. The predicted octanol–water partition coefficient (Wildman–Crippen LogP) is 0.950. The zero-order chi connectivity index (χ0) is 15.4. The van der Waals surface area contributed by atoms with Gasteiger partial charge in [-0.3, -0.25) is 9.89 Å². The zero-order valence-corrected chi connectivity index (χ0v) is 12.5. The lowest BCUT2D eigenvalue weighted by atomic mass is 10.1. The number of aromatic nitrogens is 3. The Bertz CT molecular complexity index is 695. The van der Waals surface area contributed by atoms with Crippen molar-refractivity contribution in [2.45, 2.75) is 6.04 Å². The lowest BCUT2D eigenvalue weighted by Gasteiger charge is -2.16. The Morgan fingerprint density at radius 2 is 2.29 bits per heavy atom. The van der Waals surface area contributed by atoms with Crippen molar-refractivity contribution in [2.24, 2.45) is 7.05 Å². The second kappa shape index (κ2) is 6.51. The number of ether oxygens (including phenoxy) is 1. The second-order valence-corrected chi connectivity index (χ2v) is 4.74. The maximum absolute atomic E-state index is 12.3. The summed E-state index contributed by atoms with van der Waals surface area (Å²) >= 11 is 5.02. The molecular formula is C13H16N4O3S. The number of carbonyl (C=O) groups excluding carboxylic acids is 1. The van der Waals surface area contributed by atoms with Crippen LogP contribution in [0.3, 0.4) is 0 Å². The molecule has 0 fully saturated rings. The number of aromatic amines is 1. The van der Waals surface area contributed by atoms with Gasteiger partial charge in [-0.1, -0.05) is 12.1 Å². The molecule has 2 rings (SSSR count). The molecule has 1 atom stereocenters. The molecule has 0 spiro atoms. The van der Waals surface area contributed by atoms with Gasteiger partial charge < -0.3 is 19.7 Å². The molecule has 0 bridgehead atoms. The number of rotatable bonds is 5. The fraction of sp³-hybridized carbons (Fsp3) is 0.308. The molecule has 0 unspecified atom stereocenters. The average Bonchev–Trinajstić information content (AvgIpc) is 2.84. The molecule has 0 saturated carbocycles. The number of aliphatic hydroxyl groups excluding tert-OH is 1. The Labute approximate surface area is 126 Å². The number of amides is 1. The van der Waals surface area contributed by atoms with Crippen molar-refractivity contribution in [2.75, 3.05) is 13.7 Å². The highest BCUT2D eigenvalue weighted by Crippen LogP contribution is 2.18. The number of benzene rings is 1. The van der Waals surface area contributed by atoms with Gasteiger partial charge in [0.2, 0.25) is 0 Å². The third-order valence-corrected chi connectivity index (χ3v) is 3.43. The molecule has 1 aromatic heterocycles. The summed E-state index contributed by atoms with van der Waals surface area (Å²) in [6.07, 6.45) is 0. The minimum absolute atomic E-state index is 0.297. The highest BCUT2D eigenvalue weighted by molar-refractivity contribution is 7.71. The standard InChI is InChI=1S/C13H16N4O3S/c1-17-11(15-16-13(17)21)9(7-18)14-12(19)8-5-3-4-6-10(8)20-2/h3-6,9,18H,7H2,1-2H3,(H,14,19)(H,16,21)/t9-/m1/s1. The van der Waals surface area contributed by atoms with Gasteiger partial charge in [-0.15, -0.1) is 0 Å². The van der Waals surface area contributed by atoms with Crippen LogP contribution in [0.1, 0.15) is 22.2 Å². The Kier molecular flexibility index (Phi) is 4.71. The number of hydrogen-bond donors (Lipinski definition) is 3. The van der Waals surface area contributed by atoms with Gasteiger partial charge in [-0.05, 0) is 24.4 Å². The normalized spacial score (nSPS) is 12.0. The highest BCUT2D eigenvalue weighted by atomic mass is 32.1. The van der Waals surface area contributed by atoms with E-state index in [1.54, 1.807) is 35.9 Å². The van der Waals surface area contributed by atoms with E-state index in [-0.39, 0.29) is 12.5 Å². The van der Waals surface area contributed by atoms with E-state index in [0.717, 1.165) is 0 Å². The van der Waals surface area contributed by atoms with Crippen molar-refractivity contribution in [3.63, 3.8) is 0 Å². The van der Waals surface area contributed by atoms with Gasteiger partial charge in [0.15, 0.2) is 10.6 Å². The fourth-order valence-corrected chi connectivity index (χ4v) is 2.07. The molecule has 21 heavy (non-hydrogen) atoms. The quantitative estimate of drug-likeness (QED) is 0.715. The van der Waals surface area contributed by atoms with Crippen LogP contribution >= 0.6 is 12.2 Å². The summed E-state index contributed by atoms with van der Waals surface area (Å²) in [7, 11) is 3.20. The van der Waals surface area contributed by atoms with Gasteiger partial charge in [0.1, 0.15) is 11.8 Å². The molecule has 0 radical (unpaired) electrons. The highest BCUT2D eigenvalue weighted by Gasteiger charge is 2.21. The van der Waals surface area contributed by atoms with E-state index in [4.69, 9.17) is 17.0 Å². The van der Waals surface area contributed by atoms with Gasteiger partial charge in [0.25, 0.3) is 5.91 Å². The van der Waals surface area contributed by atoms with Crippen molar-refractivity contribution < 1.29 is 14.6 Å². The monoisotopic (exact) mass is 308 g/mol. The van der Waals surface area contributed by atoms with Crippen LogP contribution in [0.2, 0.25) is 0 Å². The first-order chi connectivity index (χ1) is 10.1. The maximum atomic E-state index is 12.3. The third-order valence-electron chi connectivity index (χ3n) is 3.07. The van der Waals surface area contributed by atoms with Crippen molar-refractivity contribution in [1.82, 2.24) is 20.1 Å². The van der Waals surface area contributed by atoms with Crippen molar-refractivity contribution >= 4 is 18.1 Å². The van der Waals surface area contributed by atoms with Crippen LogP contribution in [-0.2, 0) is 7.05 Å². The molecule has 3 N–H and O–H groups in total. The maximum Gasteiger partial charge on any atom is 0.255 e. The number of carbonyl (C=O) groups is 1. The molecule has 1 heterocycles. The van der Waals surface area contributed by atoms with E-state index in [2.05, 4.69) is 15.5 Å². The first kappa shape index (κ1) is 15.2. The van der Waals surface area contributed by atoms with Crippen LogP contribution in [0.25, 0.3) is 0 Å². The number of H-pyrrole nitrogens is 1. The molecule has 8 heteroatoms. The summed E-state index contributed by atoms with van der Waals surface area (Å²) in [5, 5.41) is 18.8. The Hall–Kier alpha value is -2.19. The number of nitrogens with zero attached hydrogens (tertiary/aromatic N) is 2. The minimum atomic E-state index is -0.666. The number of methoxy groups -OCH3 is 1. The van der Waals surface area contributed by atoms with Crippen LogP contribution in [0, 0.1) is 4.77 Å².